The normalized spacial score (nSPS) is 20.2. The summed E-state index contributed by atoms with van der Waals surface area (Å²) in [4.78, 5) is 12.5. The molecular weight excluding hydrogens is 1010 g/mol. The second-order valence-corrected chi connectivity index (χ2v) is 23.5. The van der Waals surface area contributed by atoms with Gasteiger partial charge in [0.1, 0.15) is 9.79 Å². The predicted molar refractivity (Wildman–Crippen MR) is 264 cm³/mol. The Bertz CT molecular complexity index is 3200. The Balaban J connectivity index is 1.61. The third-order valence-electron chi connectivity index (χ3n) is 13.4. The molecule has 20 nitrogen and oxygen atoms in total. The van der Waals surface area contributed by atoms with Gasteiger partial charge in [-0.25, -0.2) is 0 Å². The summed E-state index contributed by atoms with van der Waals surface area (Å²) >= 11 is 0. The van der Waals surface area contributed by atoms with E-state index in [4.69, 9.17) is 18.9 Å². The van der Waals surface area contributed by atoms with Gasteiger partial charge in [-0.2, -0.15) is 33.7 Å². The second-order valence-electron chi connectivity index (χ2n) is 17.8. The van der Waals surface area contributed by atoms with Crippen molar-refractivity contribution in [2.24, 2.45) is 0 Å². The predicted octanol–water partition coefficient (Wildman–Crippen LogP) is 6.42. The topological polar surface area (TPSA) is 298 Å². The van der Waals surface area contributed by atoms with E-state index in [0.29, 0.717) is 79.3 Å². The van der Waals surface area contributed by atoms with E-state index in [9.17, 15) is 61.8 Å². The number of hydrogen-bond acceptors (Lipinski definition) is 15. The van der Waals surface area contributed by atoms with Crippen molar-refractivity contribution in [2.45, 2.75) is 95.7 Å². The van der Waals surface area contributed by atoms with Crippen LogP contribution >= 0.6 is 0 Å². The number of ether oxygens (including phenoxy) is 4. The Morgan fingerprint density at radius 3 is 1.66 bits per heavy atom. The zero-order chi connectivity index (χ0) is 52.3. The summed E-state index contributed by atoms with van der Waals surface area (Å²) in [6.45, 7) is 7.70. The van der Waals surface area contributed by atoms with E-state index in [1.54, 1.807) is 12.1 Å². The smallest absolute Gasteiger partial charge is 0.303 e. The molecule has 24 heteroatoms. The van der Waals surface area contributed by atoms with Crippen molar-refractivity contribution in [3.8, 4) is 0 Å². The molecule has 2 aliphatic rings. The number of hydrogen-bond donors (Lipinski definition) is 5. The monoisotopic (exact) mass is 1070 g/mol. The molecule has 2 heterocycles. The molecule has 0 aromatic heterocycles. The summed E-state index contributed by atoms with van der Waals surface area (Å²) in [6.07, 6.45) is 7.41. The Morgan fingerprint density at radius 1 is 0.648 bits per heavy atom. The largest absolute Gasteiger partial charge is 0.481 e. The number of carbonyl (C=O) groups is 1. The highest BCUT2D eigenvalue weighted by Crippen LogP contribution is 2.55. The Labute approximate surface area is 414 Å². The number of likely N-dealkylation sites (N-methyl/N-ethyl adjacent to an activating group) is 1. The van der Waals surface area contributed by atoms with Gasteiger partial charge >= 0.3 is 5.97 Å². The lowest BCUT2D eigenvalue weighted by Gasteiger charge is -2.35. The molecule has 0 fully saturated rings. The highest BCUT2D eigenvalue weighted by Gasteiger charge is 2.48. The number of aliphatic carboxylic acids is 1. The summed E-state index contributed by atoms with van der Waals surface area (Å²) in [5, 5.41) is 9.61. The quantitative estimate of drug-likeness (QED) is 0.0353. The highest BCUT2D eigenvalue weighted by atomic mass is 32.2. The van der Waals surface area contributed by atoms with E-state index in [-0.39, 0.29) is 73.8 Å². The van der Waals surface area contributed by atoms with Crippen molar-refractivity contribution in [3.05, 3.63) is 83.6 Å². The average Bonchev–Trinajstić information content (AvgIpc) is 3.67. The van der Waals surface area contributed by atoms with E-state index in [1.807, 2.05) is 48.8 Å². The Hall–Kier alpha value is -4.57. The molecule has 2 aliphatic heterocycles. The molecule has 0 amide bonds. The van der Waals surface area contributed by atoms with Gasteiger partial charge in [-0.3, -0.25) is 23.0 Å². The minimum Gasteiger partial charge on any atom is -0.481 e. The first kappa shape index (κ1) is 55.7. The zero-order valence-corrected chi connectivity index (χ0v) is 43.2. The first-order chi connectivity index (χ1) is 33.2. The summed E-state index contributed by atoms with van der Waals surface area (Å²) in [6, 6.07) is 9.42. The number of unbranched alkanes of at least 4 members (excludes halogenated alkanes) is 2. The average molecular weight is 1070 g/mol. The zero-order valence-electron chi connectivity index (χ0n) is 39.9. The van der Waals surface area contributed by atoms with Crippen molar-refractivity contribution in [1.29, 1.82) is 0 Å². The lowest BCUT2D eigenvalue weighted by atomic mass is 9.74. The van der Waals surface area contributed by atoms with Gasteiger partial charge in [0.15, 0.2) is 0 Å². The number of methoxy groups -OCH3 is 2. The van der Waals surface area contributed by atoms with Gasteiger partial charge in [-0.15, -0.1) is 0 Å². The number of allylic oxidation sites excluding steroid dienone is 3. The van der Waals surface area contributed by atoms with Gasteiger partial charge in [0.2, 0.25) is 0 Å². The molecule has 4 aromatic carbocycles. The van der Waals surface area contributed by atoms with Crippen LogP contribution in [0.3, 0.4) is 0 Å². The molecule has 0 aliphatic carbocycles. The number of rotatable bonds is 25. The van der Waals surface area contributed by atoms with Crippen LogP contribution in [0.2, 0.25) is 0 Å². The molecule has 3 unspecified atom stereocenters. The van der Waals surface area contributed by atoms with Gasteiger partial charge in [0.25, 0.3) is 40.5 Å². The van der Waals surface area contributed by atoms with E-state index in [1.165, 1.54) is 32.4 Å². The number of nitrogens with zero attached hydrogens (tertiary/aromatic N) is 2. The maximum atomic E-state index is 12.9. The Kier molecular flexibility index (Phi) is 17.2. The fraction of sp³-hybridized carbons (Fsp3) is 0.468. The van der Waals surface area contributed by atoms with E-state index in [0.717, 1.165) is 6.07 Å². The van der Waals surface area contributed by atoms with Crippen molar-refractivity contribution < 1.29 is 80.7 Å². The number of benzene rings is 4. The molecule has 0 radical (unpaired) electrons. The molecule has 5 N–H and O–H groups in total. The third kappa shape index (κ3) is 11.8. The number of carboxylic acids is 1. The number of anilines is 2. The lowest BCUT2D eigenvalue weighted by Crippen LogP contribution is -2.42. The van der Waals surface area contributed by atoms with Crippen LogP contribution in [-0.2, 0) is 75.0 Å². The van der Waals surface area contributed by atoms with Gasteiger partial charge < -0.3 is 33.9 Å². The fourth-order valence-electron chi connectivity index (χ4n) is 10.0. The summed E-state index contributed by atoms with van der Waals surface area (Å²) < 4.78 is 166. The van der Waals surface area contributed by atoms with Crippen LogP contribution in [0.4, 0.5) is 11.4 Å². The minimum atomic E-state index is -5.06. The van der Waals surface area contributed by atoms with Gasteiger partial charge in [-0.05, 0) is 104 Å². The molecule has 6 rings (SSSR count). The van der Waals surface area contributed by atoms with Gasteiger partial charge in [0.05, 0.1) is 42.3 Å². The van der Waals surface area contributed by atoms with Crippen molar-refractivity contribution >= 4 is 79.4 Å². The standard InChI is InChI=1S/C47H60N2O18S4/c1-6-48-37-16-14-33-35(27-31(68(52,53)54)29-39(33)70(58,59)60)44(37)46(2,18-21-66-25-23-64-4)41(48)11-10-12-42-47(3,19-22-67-26-24-65-5)45-36-28-32(69(55,56)57)30-40(71(61,62)63)34(36)15-17-38(45)49(42)20-9-7-8-13-43(50)51/h10-12,14-17,27-30,41H,6-9,13,18-26H2,1-5H3,(H,50,51)(H,52,53,54)(H,55,56,57)(H,58,59,60)(H,61,62,63). The minimum absolute atomic E-state index is 0.0146. The lowest BCUT2D eigenvalue weighted by molar-refractivity contribution is -0.137. The van der Waals surface area contributed by atoms with Gasteiger partial charge in [-0.1, -0.05) is 37.6 Å². The van der Waals surface area contributed by atoms with Gasteiger partial charge in [0, 0.05) is 85.6 Å². The van der Waals surface area contributed by atoms with Crippen LogP contribution in [0.5, 0.6) is 0 Å². The molecule has 390 valence electrons. The molecule has 0 bridgehead atoms. The molecule has 71 heavy (non-hydrogen) atoms. The highest BCUT2D eigenvalue weighted by molar-refractivity contribution is 7.87. The third-order valence-corrected chi connectivity index (χ3v) is 16.8. The molecule has 4 aromatic rings. The summed E-state index contributed by atoms with van der Waals surface area (Å²) in [5.74, 6) is -0.950. The first-order valence-corrected chi connectivity index (χ1v) is 28.4. The van der Waals surface area contributed by atoms with Crippen molar-refractivity contribution in [3.63, 3.8) is 0 Å². The van der Waals surface area contributed by atoms with E-state index in [2.05, 4.69) is 0 Å². The molecular formula is C47H60N2O18S4. The summed E-state index contributed by atoms with van der Waals surface area (Å²) in [7, 11) is -17.1. The fourth-order valence-corrected chi connectivity index (χ4v) is 12.7. The van der Waals surface area contributed by atoms with Crippen LogP contribution in [0.15, 0.2) is 92.0 Å². The molecule has 3 atom stereocenters. The molecule has 0 saturated carbocycles. The Morgan fingerprint density at radius 2 is 1.17 bits per heavy atom. The maximum Gasteiger partial charge on any atom is 0.303 e. The van der Waals surface area contributed by atoms with Crippen LogP contribution in [0.25, 0.3) is 21.5 Å². The SMILES string of the molecule is CCN1c2ccc3c(S(=O)(=O)O)cc(S(=O)(=O)O)cc3c2C(C)(CCOCCOC)C1C=CC=C1N(CCCCCC(=O)O)c2ccc3c(S(=O)(=O)O)cc(S(=O)(=O)O)cc3c2C1(C)CCOCCOC. The van der Waals surface area contributed by atoms with Crippen LogP contribution in [-0.4, -0.2) is 136 Å². The van der Waals surface area contributed by atoms with E-state index < -0.39 is 82.9 Å². The maximum absolute atomic E-state index is 12.9. The number of carboxylic acid groups (broad SMARTS) is 1. The van der Waals surface area contributed by atoms with Crippen LogP contribution in [0.1, 0.15) is 70.4 Å². The molecule has 0 saturated heterocycles. The molecule has 0 spiro atoms. The summed E-state index contributed by atoms with van der Waals surface area (Å²) in [5.41, 5.74) is 0.647. The first-order valence-electron chi connectivity index (χ1n) is 22.6. The van der Waals surface area contributed by atoms with Crippen LogP contribution in [0, 0.1) is 0 Å². The number of fused-ring (bicyclic) bond motifs is 6. The van der Waals surface area contributed by atoms with Crippen molar-refractivity contribution in [1.82, 2.24) is 0 Å². The van der Waals surface area contributed by atoms with E-state index >= 15 is 0 Å². The van der Waals surface area contributed by atoms with Crippen molar-refractivity contribution in [2.75, 3.05) is 76.8 Å². The second kappa shape index (κ2) is 21.9. The van der Waals surface area contributed by atoms with Crippen LogP contribution < -0.4 is 9.80 Å².